The van der Waals surface area contributed by atoms with E-state index in [2.05, 4.69) is 22.5 Å². The minimum Gasteiger partial charge on any atom is -0.314 e. The highest BCUT2D eigenvalue weighted by Gasteiger charge is 2.30. The van der Waals surface area contributed by atoms with Gasteiger partial charge in [0.25, 0.3) is 0 Å². The summed E-state index contributed by atoms with van der Waals surface area (Å²) < 4.78 is 37.1. The Bertz CT molecular complexity index is 505. The van der Waals surface area contributed by atoms with Crippen LogP contribution in [-0.4, -0.2) is 12.1 Å². The number of alkyl halides is 3. The molecule has 2 amide bonds. The molecule has 0 spiro atoms. The molecule has 0 bridgehead atoms. The first-order chi connectivity index (χ1) is 7.95. The van der Waals surface area contributed by atoms with E-state index < -0.39 is 17.8 Å². The van der Waals surface area contributed by atoms with Crippen molar-refractivity contribution in [3.05, 3.63) is 29.8 Å². The molecular formula is C11H7F3N2O. The average molecular weight is 240 g/mol. The zero-order chi connectivity index (χ0) is 12.5. The van der Waals surface area contributed by atoms with Crippen molar-refractivity contribution in [3.8, 4) is 11.8 Å². The fraction of sp³-hybridized carbons (Fsp3) is 0.182. The number of amides is 2. The highest BCUT2D eigenvalue weighted by atomic mass is 19.4. The molecule has 0 saturated heterocycles. The molecule has 0 aliphatic heterocycles. The lowest BCUT2D eigenvalue weighted by atomic mass is 10.2. The molecule has 1 aliphatic rings. The maximum Gasteiger partial charge on any atom is 0.416 e. The number of urea groups is 1. The Morgan fingerprint density at radius 3 is 2.59 bits per heavy atom. The van der Waals surface area contributed by atoms with E-state index in [1.807, 2.05) is 0 Å². The Balaban J connectivity index is 2.02. The van der Waals surface area contributed by atoms with Crippen LogP contribution in [-0.2, 0) is 6.18 Å². The van der Waals surface area contributed by atoms with Crippen molar-refractivity contribution in [1.29, 1.82) is 0 Å². The van der Waals surface area contributed by atoms with Crippen molar-refractivity contribution in [3.63, 3.8) is 0 Å². The van der Waals surface area contributed by atoms with Crippen LogP contribution in [0.25, 0.3) is 0 Å². The molecule has 3 nitrogen and oxygen atoms in total. The van der Waals surface area contributed by atoms with Crippen molar-refractivity contribution in [2.75, 3.05) is 5.32 Å². The first-order valence-electron chi connectivity index (χ1n) is 4.71. The smallest absolute Gasteiger partial charge is 0.314 e. The predicted octanol–water partition coefficient (Wildman–Crippen LogP) is 2.21. The lowest BCUT2D eigenvalue weighted by molar-refractivity contribution is -0.137. The van der Waals surface area contributed by atoms with Crippen LogP contribution in [0.4, 0.5) is 23.7 Å². The second-order valence-corrected chi connectivity index (χ2v) is 3.40. The van der Waals surface area contributed by atoms with E-state index in [0.29, 0.717) is 0 Å². The third kappa shape index (κ3) is 3.14. The van der Waals surface area contributed by atoms with Gasteiger partial charge in [-0.1, -0.05) is 17.9 Å². The number of nitrogens with one attached hydrogen (secondary N) is 2. The van der Waals surface area contributed by atoms with Gasteiger partial charge in [-0.3, -0.25) is 0 Å². The summed E-state index contributed by atoms with van der Waals surface area (Å²) in [5.74, 6) is 5.17. The SMILES string of the molecule is O=C(Nc1cccc(C(F)(F)F)c1)NC1C#C1. The van der Waals surface area contributed by atoms with Crippen LogP contribution in [0.15, 0.2) is 24.3 Å². The fourth-order valence-electron chi connectivity index (χ4n) is 1.19. The molecule has 1 aliphatic carbocycles. The minimum atomic E-state index is -4.42. The molecule has 88 valence electrons. The largest absolute Gasteiger partial charge is 0.416 e. The number of benzene rings is 1. The molecule has 0 atom stereocenters. The number of carbonyl (C=O) groups excluding carboxylic acids is 1. The van der Waals surface area contributed by atoms with E-state index in [1.165, 1.54) is 12.1 Å². The van der Waals surface area contributed by atoms with Crippen molar-refractivity contribution in [2.24, 2.45) is 0 Å². The van der Waals surface area contributed by atoms with Gasteiger partial charge in [-0.15, -0.1) is 0 Å². The standard InChI is InChI=1S/C11H7F3N2O/c12-11(13,14)7-2-1-3-9(6-7)16-10(17)15-8-4-5-8/h1-3,6,8H,(H2,15,16,17). The Labute approximate surface area is 95.0 Å². The van der Waals surface area contributed by atoms with Gasteiger partial charge in [0, 0.05) is 5.69 Å². The topological polar surface area (TPSA) is 41.1 Å². The Kier molecular flexibility index (Phi) is 2.68. The van der Waals surface area contributed by atoms with Gasteiger partial charge in [-0.2, -0.15) is 13.2 Å². The monoisotopic (exact) mass is 240 g/mol. The predicted molar refractivity (Wildman–Crippen MR) is 55.2 cm³/mol. The molecule has 0 fully saturated rings. The average Bonchev–Trinajstić information content (AvgIpc) is 3.00. The van der Waals surface area contributed by atoms with Crippen molar-refractivity contribution in [2.45, 2.75) is 12.2 Å². The highest BCUT2D eigenvalue weighted by Crippen LogP contribution is 2.30. The second-order valence-electron chi connectivity index (χ2n) is 3.40. The summed E-state index contributed by atoms with van der Waals surface area (Å²) in [6, 6.07) is 3.49. The maximum absolute atomic E-state index is 12.4. The van der Waals surface area contributed by atoms with Gasteiger partial charge in [-0.05, 0) is 18.2 Å². The highest BCUT2D eigenvalue weighted by molar-refractivity contribution is 5.90. The summed E-state index contributed by atoms with van der Waals surface area (Å²) in [5.41, 5.74) is -0.726. The van der Waals surface area contributed by atoms with E-state index in [1.54, 1.807) is 0 Å². The second kappa shape index (κ2) is 4.01. The molecule has 6 heteroatoms. The first kappa shape index (κ1) is 11.3. The third-order valence-electron chi connectivity index (χ3n) is 2.01. The summed E-state index contributed by atoms with van der Waals surface area (Å²) in [4.78, 5) is 11.2. The summed E-state index contributed by atoms with van der Waals surface area (Å²) in [7, 11) is 0. The van der Waals surface area contributed by atoms with Gasteiger partial charge in [0.15, 0.2) is 6.04 Å². The molecule has 2 N–H and O–H groups in total. The van der Waals surface area contributed by atoms with Crippen molar-refractivity contribution >= 4 is 11.7 Å². The normalized spacial score (nSPS) is 13.6. The number of carbonyl (C=O) groups is 1. The van der Waals surface area contributed by atoms with E-state index in [0.717, 1.165) is 12.1 Å². The fourth-order valence-corrected chi connectivity index (χ4v) is 1.19. The minimum absolute atomic E-state index is 0.0815. The van der Waals surface area contributed by atoms with Crippen LogP contribution < -0.4 is 10.6 Å². The van der Waals surface area contributed by atoms with Crippen molar-refractivity contribution in [1.82, 2.24) is 5.32 Å². The molecule has 0 heterocycles. The van der Waals surface area contributed by atoms with Gasteiger partial charge >= 0.3 is 12.2 Å². The van der Waals surface area contributed by atoms with E-state index in [4.69, 9.17) is 0 Å². The Morgan fingerprint density at radius 2 is 2.00 bits per heavy atom. The Hall–Kier alpha value is -2.16. The molecule has 0 unspecified atom stereocenters. The van der Waals surface area contributed by atoms with Crippen LogP contribution in [0, 0.1) is 11.8 Å². The van der Waals surface area contributed by atoms with Crippen molar-refractivity contribution < 1.29 is 18.0 Å². The van der Waals surface area contributed by atoms with E-state index in [9.17, 15) is 18.0 Å². The molecule has 2 rings (SSSR count). The molecular weight excluding hydrogens is 233 g/mol. The van der Waals surface area contributed by atoms with Gasteiger partial charge < -0.3 is 10.6 Å². The molecule has 1 aromatic carbocycles. The number of halogens is 3. The van der Waals surface area contributed by atoms with Crippen LogP contribution in [0.5, 0.6) is 0 Å². The van der Waals surface area contributed by atoms with Crippen LogP contribution in [0.3, 0.4) is 0 Å². The summed E-state index contributed by atoms with van der Waals surface area (Å²) in [6.07, 6.45) is -4.42. The zero-order valence-corrected chi connectivity index (χ0v) is 8.43. The van der Waals surface area contributed by atoms with E-state index in [-0.39, 0.29) is 11.7 Å². The zero-order valence-electron chi connectivity index (χ0n) is 8.43. The summed E-state index contributed by atoms with van der Waals surface area (Å²) >= 11 is 0. The summed E-state index contributed by atoms with van der Waals surface area (Å²) in [6.45, 7) is 0. The lowest BCUT2D eigenvalue weighted by Crippen LogP contribution is -2.32. The van der Waals surface area contributed by atoms with Gasteiger partial charge in [-0.25, -0.2) is 4.79 Å². The number of rotatable bonds is 2. The van der Waals surface area contributed by atoms with Gasteiger partial charge in [0.1, 0.15) is 0 Å². The van der Waals surface area contributed by atoms with Crippen LogP contribution >= 0.6 is 0 Å². The number of hydrogen-bond donors (Lipinski definition) is 2. The molecule has 1 aromatic rings. The van der Waals surface area contributed by atoms with E-state index >= 15 is 0 Å². The molecule has 0 radical (unpaired) electrons. The molecule has 17 heavy (non-hydrogen) atoms. The summed E-state index contributed by atoms with van der Waals surface area (Å²) in [5, 5.41) is 4.70. The van der Waals surface area contributed by atoms with Gasteiger partial charge in [0.05, 0.1) is 5.56 Å². The molecule has 0 aromatic heterocycles. The quantitative estimate of drug-likeness (QED) is 0.764. The molecule has 0 saturated carbocycles. The van der Waals surface area contributed by atoms with Gasteiger partial charge in [0.2, 0.25) is 0 Å². The lowest BCUT2D eigenvalue weighted by Gasteiger charge is -2.10. The number of anilines is 1. The van der Waals surface area contributed by atoms with Crippen LogP contribution in [0.1, 0.15) is 5.56 Å². The third-order valence-corrected chi connectivity index (χ3v) is 2.01. The first-order valence-corrected chi connectivity index (χ1v) is 4.71. The van der Waals surface area contributed by atoms with Crippen LogP contribution in [0.2, 0.25) is 0 Å². The Morgan fingerprint density at radius 1 is 1.29 bits per heavy atom. The maximum atomic E-state index is 12.4. The number of hydrogen-bond acceptors (Lipinski definition) is 1.